The molecule has 10 heteroatoms. The minimum absolute atomic E-state index is 0.235. The molecule has 48 heavy (non-hydrogen) atoms. The number of unbranched alkanes of at least 4 members (excludes halogenated alkanes) is 20. The van der Waals surface area contributed by atoms with E-state index in [2.05, 4.69) is 13.8 Å². The first kappa shape index (κ1) is 46.4. The fourth-order valence-electron chi connectivity index (χ4n) is 6.25. The van der Waals surface area contributed by atoms with Gasteiger partial charge < -0.3 is 30.6 Å². The van der Waals surface area contributed by atoms with Gasteiger partial charge in [-0.15, -0.1) is 0 Å². The number of aliphatic hydroxyl groups is 6. The van der Waals surface area contributed by atoms with Gasteiger partial charge in [0, 0.05) is 19.3 Å². The molecule has 282 valence electrons. The molecule has 0 aromatic rings. The van der Waals surface area contributed by atoms with E-state index in [1.807, 2.05) is 0 Å². The molecule has 0 aromatic heterocycles. The number of ketones is 4. The molecule has 0 spiro atoms. The van der Waals surface area contributed by atoms with Crippen LogP contribution in [-0.2, 0) is 19.2 Å². The summed E-state index contributed by atoms with van der Waals surface area (Å²) in [7, 11) is 0. The summed E-state index contributed by atoms with van der Waals surface area (Å²) in [4.78, 5) is 54.6. The summed E-state index contributed by atoms with van der Waals surface area (Å²) in [6.45, 7) is 2.37. The first-order valence-electron chi connectivity index (χ1n) is 19.1. The Balaban J connectivity index is 5.61. The molecule has 0 aliphatic rings. The molecule has 0 fully saturated rings. The van der Waals surface area contributed by atoms with Crippen LogP contribution in [0.15, 0.2) is 0 Å². The van der Waals surface area contributed by atoms with E-state index in [-0.39, 0.29) is 12.8 Å². The number of carbonyl (C=O) groups excluding carboxylic acids is 4. The van der Waals surface area contributed by atoms with Gasteiger partial charge in [0.25, 0.3) is 0 Å². The Morgan fingerprint density at radius 2 is 0.750 bits per heavy atom. The summed E-state index contributed by atoms with van der Waals surface area (Å²) >= 11 is 0. The molecule has 4 unspecified atom stereocenters. The molecule has 6 N–H and O–H groups in total. The largest absolute Gasteiger partial charge is 0.394 e. The van der Waals surface area contributed by atoms with E-state index in [4.69, 9.17) is 0 Å². The lowest BCUT2D eigenvalue weighted by Gasteiger charge is -2.33. The average Bonchev–Trinajstić information content (AvgIpc) is 3.09. The SMILES string of the molecule is CCCCCCCCCCCCCC(=O)C(CC(=O)C(O)C(O)CO)(C(=O)CCCCCCCCCCCCC)C(=O)C(O)C(O)CO. The van der Waals surface area contributed by atoms with Crippen molar-refractivity contribution in [3.8, 4) is 0 Å². The van der Waals surface area contributed by atoms with Gasteiger partial charge >= 0.3 is 0 Å². The number of carbonyl (C=O) groups is 4. The van der Waals surface area contributed by atoms with E-state index in [1.54, 1.807) is 0 Å². The first-order chi connectivity index (χ1) is 23.0. The lowest BCUT2D eigenvalue weighted by molar-refractivity contribution is -0.161. The number of rotatable bonds is 35. The van der Waals surface area contributed by atoms with Crippen LogP contribution in [-0.4, -0.2) is 91.4 Å². The second-order valence-corrected chi connectivity index (χ2v) is 13.7. The van der Waals surface area contributed by atoms with Crippen LogP contribution in [0.1, 0.15) is 174 Å². The third-order valence-corrected chi connectivity index (χ3v) is 9.53. The van der Waals surface area contributed by atoms with Crippen molar-refractivity contribution in [2.75, 3.05) is 13.2 Å². The molecular formula is C38H70O10. The Morgan fingerprint density at radius 3 is 1.06 bits per heavy atom. The van der Waals surface area contributed by atoms with Crippen molar-refractivity contribution in [1.29, 1.82) is 0 Å². The van der Waals surface area contributed by atoms with Crippen molar-refractivity contribution >= 4 is 23.1 Å². The number of hydrogen-bond donors (Lipinski definition) is 6. The summed E-state index contributed by atoms with van der Waals surface area (Å²) in [5.74, 6) is -4.39. The highest BCUT2D eigenvalue weighted by atomic mass is 16.4. The van der Waals surface area contributed by atoms with Gasteiger partial charge in [0.1, 0.15) is 24.4 Å². The highest BCUT2D eigenvalue weighted by Crippen LogP contribution is 2.34. The normalized spacial score (nSPS) is 14.4. The zero-order valence-corrected chi connectivity index (χ0v) is 30.2. The molecule has 0 rings (SSSR count). The van der Waals surface area contributed by atoms with Crippen LogP contribution in [0.2, 0.25) is 0 Å². The fraction of sp³-hybridized carbons (Fsp3) is 0.895. The molecular weight excluding hydrogens is 616 g/mol. The quantitative estimate of drug-likeness (QED) is 0.0368. The lowest BCUT2D eigenvalue weighted by Crippen LogP contribution is -2.56. The minimum Gasteiger partial charge on any atom is -0.394 e. The molecule has 0 bridgehead atoms. The topological polar surface area (TPSA) is 190 Å². The molecule has 0 saturated heterocycles. The van der Waals surface area contributed by atoms with Gasteiger partial charge in [-0.2, -0.15) is 0 Å². The Bertz CT molecular complexity index is 822. The monoisotopic (exact) mass is 686 g/mol. The van der Waals surface area contributed by atoms with Crippen LogP contribution >= 0.6 is 0 Å². The van der Waals surface area contributed by atoms with Gasteiger partial charge in [0.15, 0.2) is 28.5 Å². The van der Waals surface area contributed by atoms with Crippen LogP contribution < -0.4 is 0 Å². The highest BCUT2D eigenvalue weighted by Gasteiger charge is 2.55. The molecule has 0 heterocycles. The molecule has 10 nitrogen and oxygen atoms in total. The summed E-state index contributed by atoms with van der Waals surface area (Å²) in [6, 6.07) is 0. The molecule has 0 aliphatic heterocycles. The standard InChI is InChI=1S/C38H70O10/c1-3-5-7-9-11-13-15-17-19-21-23-25-33(44)38(37(48)36(47)32(43)29-40,27-30(41)35(46)31(42)28-39)34(45)26-24-22-20-18-16-14-12-10-8-6-4-2/h31-32,35-36,39-40,42-43,46-47H,3-29H2,1-2H3. The van der Waals surface area contributed by atoms with Crippen LogP contribution in [0.3, 0.4) is 0 Å². The zero-order chi connectivity index (χ0) is 36.2. The van der Waals surface area contributed by atoms with Crippen LogP contribution in [0, 0.1) is 5.41 Å². The van der Waals surface area contributed by atoms with Gasteiger partial charge in [0.2, 0.25) is 0 Å². The molecule has 0 radical (unpaired) electrons. The van der Waals surface area contributed by atoms with Crippen molar-refractivity contribution < 1.29 is 49.8 Å². The van der Waals surface area contributed by atoms with E-state index >= 15 is 0 Å². The van der Waals surface area contributed by atoms with Gasteiger partial charge in [-0.1, -0.05) is 142 Å². The summed E-state index contributed by atoms with van der Waals surface area (Å²) in [5.41, 5.74) is -2.69. The highest BCUT2D eigenvalue weighted by molar-refractivity contribution is 6.27. The number of Topliss-reactive ketones (excluding diaryl/α,β-unsaturated/α-hetero) is 4. The van der Waals surface area contributed by atoms with E-state index in [0.717, 1.165) is 51.4 Å². The molecule has 0 saturated carbocycles. The Hall–Kier alpha value is -1.56. The third-order valence-electron chi connectivity index (χ3n) is 9.53. The first-order valence-corrected chi connectivity index (χ1v) is 19.1. The smallest absolute Gasteiger partial charge is 0.185 e. The van der Waals surface area contributed by atoms with Crippen LogP contribution in [0.4, 0.5) is 0 Å². The summed E-state index contributed by atoms with van der Waals surface area (Å²) in [6.07, 6.45) is 12.3. The van der Waals surface area contributed by atoms with Crippen molar-refractivity contribution in [3.05, 3.63) is 0 Å². The van der Waals surface area contributed by atoms with E-state index < -0.39 is 72.6 Å². The third kappa shape index (κ3) is 18.4. The van der Waals surface area contributed by atoms with Crippen LogP contribution in [0.25, 0.3) is 0 Å². The summed E-state index contributed by atoms with van der Waals surface area (Å²) < 4.78 is 0. The minimum atomic E-state index is -2.69. The molecule has 4 atom stereocenters. The van der Waals surface area contributed by atoms with Gasteiger partial charge in [-0.25, -0.2) is 0 Å². The average molecular weight is 687 g/mol. The molecule has 0 amide bonds. The maximum absolute atomic E-state index is 13.9. The van der Waals surface area contributed by atoms with Crippen molar-refractivity contribution in [3.63, 3.8) is 0 Å². The van der Waals surface area contributed by atoms with Crippen molar-refractivity contribution in [1.82, 2.24) is 0 Å². The second kappa shape index (κ2) is 29.2. The Labute approximate surface area is 290 Å². The van der Waals surface area contributed by atoms with E-state index in [1.165, 1.54) is 64.2 Å². The lowest BCUT2D eigenvalue weighted by atomic mass is 9.66. The van der Waals surface area contributed by atoms with Gasteiger partial charge in [-0.3, -0.25) is 19.2 Å². The predicted molar refractivity (Wildman–Crippen MR) is 187 cm³/mol. The second-order valence-electron chi connectivity index (χ2n) is 13.7. The van der Waals surface area contributed by atoms with E-state index in [0.29, 0.717) is 25.7 Å². The number of aliphatic hydroxyl groups excluding tert-OH is 6. The molecule has 0 aromatic carbocycles. The van der Waals surface area contributed by atoms with Gasteiger partial charge in [-0.05, 0) is 12.8 Å². The number of hydrogen-bond acceptors (Lipinski definition) is 10. The van der Waals surface area contributed by atoms with Crippen molar-refractivity contribution in [2.24, 2.45) is 5.41 Å². The van der Waals surface area contributed by atoms with Crippen molar-refractivity contribution in [2.45, 2.75) is 199 Å². The zero-order valence-electron chi connectivity index (χ0n) is 30.2. The van der Waals surface area contributed by atoms with Gasteiger partial charge in [0.05, 0.1) is 13.2 Å². The molecule has 0 aliphatic carbocycles. The van der Waals surface area contributed by atoms with E-state index in [9.17, 15) is 49.8 Å². The maximum Gasteiger partial charge on any atom is 0.185 e. The summed E-state index contributed by atoms with van der Waals surface area (Å²) in [5, 5.41) is 59.5. The fourth-order valence-corrected chi connectivity index (χ4v) is 6.25. The van der Waals surface area contributed by atoms with Crippen LogP contribution in [0.5, 0.6) is 0 Å². The maximum atomic E-state index is 13.9. The Morgan fingerprint density at radius 1 is 0.458 bits per heavy atom. The predicted octanol–water partition coefficient (Wildman–Crippen LogP) is 5.47. The Kier molecular flexibility index (Phi) is 28.2.